The van der Waals surface area contributed by atoms with E-state index < -0.39 is 0 Å². The van der Waals surface area contributed by atoms with Gasteiger partial charge in [-0.05, 0) is 30.7 Å². The van der Waals surface area contributed by atoms with Crippen LogP contribution in [0.2, 0.25) is 0 Å². The predicted octanol–water partition coefficient (Wildman–Crippen LogP) is 3.02. The molecular weight excluding hydrogens is 158 g/mol. The van der Waals surface area contributed by atoms with Gasteiger partial charge in [-0.1, -0.05) is 19.9 Å². The summed E-state index contributed by atoms with van der Waals surface area (Å²) >= 11 is 0. The SMILES string of the molecule is CC1=NC2=C(C=C=CC=C2)C1(C)C. The van der Waals surface area contributed by atoms with Crippen LogP contribution in [-0.4, -0.2) is 5.71 Å². The molecule has 0 bridgehead atoms. The molecule has 1 aliphatic carbocycles. The molecule has 0 unspecified atom stereocenters. The van der Waals surface area contributed by atoms with Gasteiger partial charge in [-0.15, -0.1) is 5.73 Å². The fourth-order valence-corrected chi connectivity index (χ4v) is 1.60. The maximum absolute atomic E-state index is 4.54. The van der Waals surface area contributed by atoms with Crippen molar-refractivity contribution < 1.29 is 0 Å². The van der Waals surface area contributed by atoms with Gasteiger partial charge >= 0.3 is 0 Å². The van der Waals surface area contributed by atoms with E-state index in [4.69, 9.17) is 0 Å². The lowest BCUT2D eigenvalue weighted by atomic mass is 9.81. The minimum absolute atomic E-state index is 0.0743. The third kappa shape index (κ3) is 1.13. The van der Waals surface area contributed by atoms with Crippen molar-refractivity contribution in [3.63, 3.8) is 0 Å². The Balaban J connectivity index is 2.59. The van der Waals surface area contributed by atoms with Gasteiger partial charge in [0.05, 0.1) is 5.70 Å². The summed E-state index contributed by atoms with van der Waals surface area (Å²) in [6.07, 6.45) is 7.98. The molecule has 0 aromatic carbocycles. The van der Waals surface area contributed by atoms with Gasteiger partial charge in [0, 0.05) is 11.1 Å². The van der Waals surface area contributed by atoms with Gasteiger partial charge in [-0.25, -0.2) is 0 Å². The van der Waals surface area contributed by atoms with Crippen LogP contribution in [0, 0.1) is 5.41 Å². The van der Waals surface area contributed by atoms with Crippen molar-refractivity contribution in [2.24, 2.45) is 10.4 Å². The Morgan fingerprint density at radius 3 is 2.92 bits per heavy atom. The molecule has 0 radical (unpaired) electrons. The zero-order valence-electron chi connectivity index (χ0n) is 8.26. The summed E-state index contributed by atoms with van der Waals surface area (Å²) in [4.78, 5) is 4.54. The summed E-state index contributed by atoms with van der Waals surface area (Å²) in [7, 11) is 0. The van der Waals surface area contributed by atoms with E-state index in [0.717, 1.165) is 5.70 Å². The van der Waals surface area contributed by atoms with Crippen molar-refractivity contribution in [3.05, 3.63) is 41.3 Å². The topological polar surface area (TPSA) is 12.4 Å². The van der Waals surface area contributed by atoms with Gasteiger partial charge in [0.15, 0.2) is 0 Å². The smallest absolute Gasteiger partial charge is 0.0676 e. The van der Waals surface area contributed by atoms with Gasteiger partial charge < -0.3 is 0 Å². The standard InChI is InChI=1S/C12H13N/c1-9-12(2,3)10-7-5-4-6-8-11(10)13-9/h4,6-8H,1-3H3. The van der Waals surface area contributed by atoms with E-state index in [1.807, 2.05) is 24.3 Å². The molecule has 2 rings (SSSR count). The van der Waals surface area contributed by atoms with Crippen LogP contribution in [0.15, 0.2) is 46.3 Å². The average Bonchev–Trinajstić information content (AvgIpc) is 2.31. The second kappa shape index (κ2) is 2.58. The lowest BCUT2D eigenvalue weighted by Gasteiger charge is -2.20. The highest BCUT2D eigenvalue weighted by molar-refractivity contribution is 5.95. The number of rotatable bonds is 0. The molecule has 0 aromatic heterocycles. The summed E-state index contributed by atoms with van der Waals surface area (Å²) in [5, 5.41) is 0. The van der Waals surface area contributed by atoms with Crippen LogP contribution in [0.1, 0.15) is 20.8 Å². The van der Waals surface area contributed by atoms with E-state index in [-0.39, 0.29) is 5.41 Å². The van der Waals surface area contributed by atoms with E-state index in [0.29, 0.717) is 0 Å². The number of aliphatic imine (C=N–C) groups is 1. The van der Waals surface area contributed by atoms with Gasteiger partial charge in [0.1, 0.15) is 0 Å². The summed E-state index contributed by atoms with van der Waals surface area (Å²) in [5.41, 5.74) is 6.74. The number of nitrogens with zero attached hydrogens (tertiary/aromatic N) is 1. The maximum atomic E-state index is 4.54. The zero-order chi connectivity index (χ0) is 9.47. The van der Waals surface area contributed by atoms with E-state index in [1.54, 1.807) is 0 Å². The van der Waals surface area contributed by atoms with Gasteiger partial charge in [-0.3, -0.25) is 4.99 Å². The Bertz CT molecular complexity index is 397. The lowest BCUT2D eigenvalue weighted by Crippen LogP contribution is -2.19. The largest absolute Gasteiger partial charge is 0.257 e. The van der Waals surface area contributed by atoms with Crippen LogP contribution in [0.4, 0.5) is 0 Å². The molecule has 0 N–H and O–H groups in total. The molecule has 1 heteroatoms. The molecule has 1 heterocycles. The van der Waals surface area contributed by atoms with Crippen LogP contribution in [-0.2, 0) is 0 Å². The molecule has 0 saturated carbocycles. The summed E-state index contributed by atoms with van der Waals surface area (Å²) < 4.78 is 0. The Morgan fingerprint density at radius 2 is 2.15 bits per heavy atom. The maximum Gasteiger partial charge on any atom is 0.0676 e. The van der Waals surface area contributed by atoms with Gasteiger partial charge in [0.2, 0.25) is 0 Å². The molecule has 13 heavy (non-hydrogen) atoms. The minimum atomic E-state index is 0.0743. The number of hydrogen-bond acceptors (Lipinski definition) is 1. The van der Waals surface area contributed by atoms with Crippen molar-refractivity contribution in [1.82, 2.24) is 0 Å². The Kier molecular flexibility index (Phi) is 1.64. The summed E-state index contributed by atoms with van der Waals surface area (Å²) in [6.45, 7) is 6.48. The first-order valence-corrected chi connectivity index (χ1v) is 4.52. The highest BCUT2D eigenvalue weighted by Gasteiger charge is 2.32. The minimum Gasteiger partial charge on any atom is -0.257 e. The molecule has 0 fully saturated rings. The monoisotopic (exact) mass is 171 g/mol. The van der Waals surface area contributed by atoms with Gasteiger partial charge in [-0.2, -0.15) is 0 Å². The quantitative estimate of drug-likeness (QED) is 0.497. The Hall–Kier alpha value is -1.33. The van der Waals surface area contributed by atoms with Crippen LogP contribution in [0.5, 0.6) is 0 Å². The average molecular weight is 171 g/mol. The molecule has 0 amide bonds. The second-order valence-corrected chi connectivity index (χ2v) is 3.96. The van der Waals surface area contributed by atoms with Crippen LogP contribution in [0.3, 0.4) is 0 Å². The summed E-state index contributed by atoms with van der Waals surface area (Å²) in [6, 6.07) is 0. The third-order valence-electron chi connectivity index (χ3n) is 2.82. The highest BCUT2D eigenvalue weighted by atomic mass is 14.8. The molecule has 0 spiro atoms. The third-order valence-corrected chi connectivity index (χ3v) is 2.82. The number of allylic oxidation sites excluding steroid dienone is 4. The first-order chi connectivity index (χ1) is 6.12. The van der Waals surface area contributed by atoms with Gasteiger partial charge in [0.25, 0.3) is 0 Å². The van der Waals surface area contributed by atoms with E-state index in [9.17, 15) is 0 Å². The normalized spacial score (nSPS) is 23.2. The van der Waals surface area contributed by atoms with Crippen molar-refractivity contribution in [2.45, 2.75) is 20.8 Å². The first kappa shape index (κ1) is 8.28. The molecule has 1 nitrogen and oxygen atoms in total. The zero-order valence-corrected chi connectivity index (χ0v) is 8.26. The predicted molar refractivity (Wildman–Crippen MR) is 55.7 cm³/mol. The van der Waals surface area contributed by atoms with E-state index in [2.05, 4.69) is 31.5 Å². The molecule has 66 valence electrons. The highest BCUT2D eigenvalue weighted by Crippen LogP contribution is 2.38. The summed E-state index contributed by atoms with van der Waals surface area (Å²) in [5.74, 6) is 0. The Labute approximate surface area is 78.9 Å². The van der Waals surface area contributed by atoms with E-state index >= 15 is 0 Å². The fourth-order valence-electron chi connectivity index (χ4n) is 1.60. The molecule has 0 aromatic rings. The van der Waals surface area contributed by atoms with Crippen molar-refractivity contribution in [1.29, 1.82) is 0 Å². The fraction of sp³-hybridized carbons (Fsp3) is 0.333. The number of hydrogen-bond donors (Lipinski definition) is 0. The molecular formula is C12H13N. The molecule has 1 aliphatic heterocycles. The van der Waals surface area contributed by atoms with Crippen LogP contribution in [0.25, 0.3) is 0 Å². The molecule has 0 saturated heterocycles. The van der Waals surface area contributed by atoms with Crippen molar-refractivity contribution in [2.75, 3.05) is 0 Å². The van der Waals surface area contributed by atoms with Crippen LogP contribution >= 0.6 is 0 Å². The first-order valence-electron chi connectivity index (χ1n) is 4.52. The van der Waals surface area contributed by atoms with Crippen LogP contribution < -0.4 is 0 Å². The molecule has 2 aliphatic rings. The lowest BCUT2D eigenvalue weighted by molar-refractivity contribution is 0.652. The van der Waals surface area contributed by atoms with Crippen molar-refractivity contribution in [3.8, 4) is 0 Å². The second-order valence-electron chi connectivity index (χ2n) is 3.96. The molecule has 0 atom stereocenters. The Morgan fingerprint density at radius 1 is 1.38 bits per heavy atom. The van der Waals surface area contributed by atoms with E-state index in [1.165, 1.54) is 11.3 Å². The van der Waals surface area contributed by atoms with Crippen molar-refractivity contribution >= 4 is 5.71 Å².